The maximum absolute atomic E-state index is 11.4. The van der Waals surface area contributed by atoms with E-state index in [1.165, 1.54) is 11.1 Å². The highest BCUT2D eigenvalue weighted by Gasteiger charge is 2.23. The van der Waals surface area contributed by atoms with Crippen LogP contribution in [0.5, 0.6) is 0 Å². The van der Waals surface area contributed by atoms with E-state index in [1.807, 2.05) is 18.2 Å². The number of hydrogen-bond donors (Lipinski definition) is 1. The molecular weight excluding hydrogens is 282 g/mol. The van der Waals surface area contributed by atoms with Crippen LogP contribution in [0.4, 0.5) is 5.69 Å². The predicted molar refractivity (Wildman–Crippen MR) is 87.2 cm³/mol. The molecule has 1 heterocycles. The third kappa shape index (κ3) is 3.64. The van der Waals surface area contributed by atoms with Gasteiger partial charge in [0.25, 0.3) is 0 Å². The fourth-order valence-electron chi connectivity index (χ4n) is 2.66. The Labute approximate surface area is 125 Å². The second-order valence-electron chi connectivity index (χ2n) is 5.51. The van der Waals surface area contributed by atoms with Gasteiger partial charge in [-0.05, 0) is 36.1 Å². The van der Waals surface area contributed by atoms with Gasteiger partial charge in [0.1, 0.15) is 9.84 Å². The van der Waals surface area contributed by atoms with Crippen molar-refractivity contribution in [2.75, 3.05) is 16.8 Å². The normalized spacial score (nSPS) is 18.3. The van der Waals surface area contributed by atoms with Gasteiger partial charge in [0, 0.05) is 11.7 Å². The Balaban J connectivity index is 1.65. The zero-order chi connectivity index (χ0) is 14.7. The van der Waals surface area contributed by atoms with Crippen LogP contribution in [0.1, 0.15) is 12.8 Å². The number of rotatable bonds is 3. The molecule has 2 aromatic carbocycles. The van der Waals surface area contributed by atoms with Crippen LogP contribution >= 0.6 is 0 Å². The Morgan fingerprint density at radius 1 is 0.810 bits per heavy atom. The molecule has 0 amide bonds. The summed E-state index contributed by atoms with van der Waals surface area (Å²) < 4.78 is 22.8. The van der Waals surface area contributed by atoms with Crippen molar-refractivity contribution in [1.29, 1.82) is 0 Å². The Kier molecular flexibility index (Phi) is 3.97. The molecule has 0 radical (unpaired) electrons. The van der Waals surface area contributed by atoms with E-state index in [9.17, 15) is 8.42 Å². The maximum Gasteiger partial charge on any atom is 0.150 e. The number of sulfone groups is 1. The van der Waals surface area contributed by atoms with E-state index in [4.69, 9.17) is 0 Å². The molecule has 3 rings (SSSR count). The summed E-state index contributed by atoms with van der Waals surface area (Å²) in [6.45, 7) is 0. The monoisotopic (exact) mass is 301 g/mol. The average molecular weight is 301 g/mol. The third-order valence-corrected chi connectivity index (χ3v) is 5.63. The zero-order valence-electron chi connectivity index (χ0n) is 11.8. The number of hydrogen-bond acceptors (Lipinski definition) is 3. The van der Waals surface area contributed by atoms with E-state index < -0.39 is 9.84 Å². The van der Waals surface area contributed by atoms with Gasteiger partial charge in [-0.2, -0.15) is 0 Å². The zero-order valence-corrected chi connectivity index (χ0v) is 12.6. The molecule has 3 nitrogen and oxygen atoms in total. The standard InChI is InChI=1S/C17H19NO2S/c19-21(20)12-10-17(11-13-21)18-16-8-6-15(7-9-16)14-4-2-1-3-5-14/h1-9,17-18H,10-13H2. The molecule has 1 fully saturated rings. The second-order valence-corrected chi connectivity index (χ2v) is 7.82. The van der Waals surface area contributed by atoms with Crippen LogP contribution in [-0.4, -0.2) is 26.0 Å². The van der Waals surface area contributed by atoms with Crippen LogP contribution in [0.3, 0.4) is 0 Å². The first-order chi connectivity index (χ1) is 10.1. The molecule has 21 heavy (non-hydrogen) atoms. The number of benzene rings is 2. The quantitative estimate of drug-likeness (QED) is 0.945. The van der Waals surface area contributed by atoms with Crippen LogP contribution in [0.25, 0.3) is 11.1 Å². The third-order valence-electron chi connectivity index (χ3n) is 3.92. The molecule has 1 saturated heterocycles. The van der Waals surface area contributed by atoms with Crippen LogP contribution < -0.4 is 5.32 Å². The summed E-state index contributed by atoms with van der Waals surface area (Å²) in [5, 5.41) is 3.43. The van der Waals surface area contributed by atoms with Crippen molar-refractivity contribution >= 4 is 15.5 Å². The summed E-state index contributed by atoms with van der Waals surface area (Å²) >= 11 is 0. The molecule has 110 valence electrons. The molecule has 1 aliphatic heterocycles. The van der Waals surface area contributed by atoms with E-state index in [1.54, 1.807) is 0 Å². The molecule has 0 aromatic heterocycles. The molecule has 0 aliphatic carbocycles. The summed E-state index contributed by atoms with van der Waals surface area (Å²) in [7, 11) is -2.79. The fourth-order valence-corrected chi connectivity index (χ4v) is 4.15. The summed E-state index contributed by atoms with van der Waals surface area (Å²) in [4.78, 5) is 0. The average Bonchev–Trinajstić information content (AvgIpc) is 2.51. The molecule has 1 N–H and O–H groups in total. The lowest BCUT2D eigenvalue weighted by molar-refractivity contribution is 0.559. The summed E-state index contributed by atoms with van der Waals surface area (Å²) in [6, 6.07) is 18.8. The lowest BCUT2D eigenvalue weighted by Gasteiger charge is -2.24. The highest BCUT2D eigenvalue weighted by Crippen LogP contribution is 2.23. The highest BCUT2D eigenvalue weighted by molar-refractivity contribution is 7.91. The minimum Gasteiger partial charge on any atom is -0.382 e. The van der Waals surface area contributed by atoms with Crippen molar-refractivity contribution in [2.45, 2.75) is 18.9 Å². The first-order valence-electron chi connectivity index (χ1n) is 7.25. The van der Waals surface area contributed by atoms with Crippen molar-refractivity contribution in [3.8, 4) is 11.1 Å². The molecule has 0 spiro atoms. The summed E-state index contributed by atoms with van der Waals surface area (Å²) in [6.07, 6.45) is 1.39. The lowest BCUT2D eigenvalue weighted by atomic mass is 10.1. The molecule has 0 unspecified atom stereocenters. The topological polar surface area (TPSA) is 46.2 Å². The van der Waals surface area contributed by atoms with Gasteiger partial charge in [-0.1, -0.05) is 42.5 Å². The van der Waals surface area contributed by atoms with E-state index in [0.717, 1.165) is 5.69 Å². The van der Waals surface area contributed by atoms with E-state index in [-0.39, 0.29) is 6.04 Å². The molecule has 0 saturated carbocycles. The van der Waals surface area contributed by atoms with Gasteiger partial charge in [-0.3, -0.25) is 0 Å². The molecule has 0 atom stereocenters. The van der Waals surface area contributed by atoms with Crippen molar-refractivity contribution in [1.82, 2.24) is 0 Å². The lowest BCUT2D eigenvalue weighted by Crippen LogP contribution is -2.32. The molecule has 0 bridgehead atoms. The van der Waals surface area contributed by atoms with Gasteiger partial charge in [0.15, 0.2) is 0 Å². The second kappa shape index (κ2) is 5.90. The Hall–Kier alpha value is -1.81. The smallest absolute Gasteiger partial charge is 0.150 e. The van der Waals surface area contributed by atoms with Crippen molar-refractivity contribution in [3.05, 3.63) is 54.6 Å². The van der Waals surface area contributed by atoms with Crippen molar-refractivity contribution in [2.24, 2.45) is 0 Å². The van der Waals surface area contributed by atoms with E-state index in [0.29, 0.717) is 24.3 Å². The van der Waals surface area contributed by atoms with Crippen LogP contribution in [0, 0.1) is 0 Å². The predicted octanol–water partition coefficient (Wildman–Crippen LogP) is 3.34. The van der Waals surface area contributed by atoms with Crippen molar-refractivity contribution < 1.29 is 8.42 Å². The van der Waals surface area contributed by atoms with Gasteiger partial charge in [0.2, 0.25) is 0 Å². The Morgan fingerprint density at radius 2 is 1.38 bits per heavy atom. The van der Waals surface area contributed by atoms with Crippen LogP contribution in [-0.2, 0) is 9.84 Å². The fraction of sp³-hybridized carbons (Fsp3) is 0.294. The summed E-state index contributed by atoms with van der Waals surface area (Å²) in [5.74, 6) is 0.597. The van der Waals surface area contributed by atoms with Gasteiger partial charge in [-0.15, -0.1) is 0 Å². The minimum atomic E-state index is -2.79. The first-order valence-corrected chi connectivity index (χ1v) is 9.07. The summed E-state index contributed by atoms with van der Waals surface area (Å²) in [5.41, 5.74) is 3.44. The molecule has 1 aliphatic rings. The van der Waals surface area contributed by atoms with Gasteiger partial charge in [0.05, 0.1) is 11.5 Å². The number of nitrogens with one attached hydrogen (secondary N) is 1. The van der Waals surface area contributed by atoms with Gasteiger partial charge < -0.3 is 5.32 Å². The maximum atomic E-state index is 11.4. The molecular formula is C17H19NO2S. The minimum absolute atomic E-state index is 0.260. The van der Waals surface area contributed by atoms with Gasteiger partial charge in [-0.25, -0.2) is 8.42 Å². The molecule has 2 aromatic rings. The number of anilines is 1. The van der Waals surface area contributed by atoms with Gasteiger partial charge >= 0.3 is 0 Å². The van der Waals surface area contributed by atoms with Crippen LogP contribution in [0.15, 0.2) is 54.6 Å². The Morgan fingerprint density at radius 3 is 2.00 bits per heavy atom. The largest absolute Gasteiger partial charge is 0.382 e. The van der Waals surface area contributed by atoms with E-state index in [2.05, 4.69) is 41.7 Å². The SMILES string of the molecule is O=S1(=O)CCC(Nc2ccc(-c3ccccc3)cc2)CC1. The van der Waals surface area contributed by atoms with Crippen molar-refractivity contribution in [3.63, 3.8) is 0 Å². The molecule has 4 heteroatoms. The highest BCUT2D eigenvalue weighted by atomic mass is 32.2. The van der Waals surface area contributed by atoms with E-state index >= 15 is 0 Å². The first kappa shape index (κ1) is 14.1. The Bertz CT molecular complexity index is 679. The van der Waals surface area contributed by atoms with Crippen LogP contribution in [0.2, 0.25) is 0 Å².